The van der Waals surface area contributed by atoms with E-state index in [0.29, 0.717) is 10.6 Å². The van der Waals surface area contributed by atoms with Gasteiger partial charge in [-0.05, 0) is 30.5 Å². The molecule has 5 nitrogen and oxygen atoms in total. The summed E-state index contributed by atoms with van der Waals surface area (Å²) in [5.41, 5.74) is 0.0261. The highest BCUT2D eigenvalue weighted by molar-refractivity contribution is 7.85. The normalized spacial score (nSPS) is 14.7. The molecular weight excluding hydrogens is 288 g/mol. The van der Waals surface area contributed by atoms with Crippen LogP contribution < -0.4 is 5.32 Å². The molecule has 1 rings (SSSR count). The van der Waals surface area contributed by atoms with Crippen molar-refractivity contribution in [2.24, 2.45) is 5.41 Å². The van der Waals surface area contributed by atoms with E-state index in [9.17, 15) is 14.3 Å². The molecule has 1 aromatic rings. The molecule has 0 radical (unpaired) electrons. The summed E-state index contributed by atoms with van der Waals surface area (Å²) < 4.78 is 12.4. The van der Waals surface area contributed by atoms with E-state index in [1.807, 2.05) is 0 Å². The van der Waals surface area contributed by atoms with Gasteiger partial charge < -0.3 is 5.32 Å². The lowest BCUT2D eigenvalue weighted by atomic mass is 9.88. The summed E-state index contributed by atoms with van der Waals surface area (Å²) in [6.07, 6.45) is 1.02. The van der Waals surface area contributed by atoms with Gasteiger partial charge in [-0.2, -0.15) is 0 Å². The minimum absolute atomic E-state index is 0.00556. The van der Waals surface area contributed by atoms with E-state index in [0.717, 1.165) is 13.0 Å². The van der Waals surface area contributed by atoms with Gasteiger partial charge in [0, 0.05) is 28.8 Å². The molecule has 0 aliphatic heterocycles. The molecule has 0 heterocycles. The quantitative estimate of drug-likeness (QED) is 0.620. The lowest BCUT2D eigenvalue weighted by Gasteiger charge is -2.31. The van der Waals surface area contributed by atoms with Gasteiger partial charge in [0.1, 0.15) is 0 Å². The highest BCUT2D eigenvalue weighted by Gasteiger charge is 2.26. The van der Waals surface area contributed by atoms with E-state index in [1.165, 1.54) is 12.1 Å². The maximum Gasteiger partial charge on any atom is 0.269 e. The van der Waals surface area contributed by atoms with Gasteiger partial charge in [-0.1, -0.05) is 27.7 Å². The number of rotatable bonds is 7. The third-order valence-corrected chi connectivity index (χ3v) is 4.75. The van der Waals surface area contributed by atoms with Gasteiger partial charge in [0.15, 0.2) is 0 Å². The highest BCUT2D eigenvalue weighted by atomic mass is 32.2. The predicted octanol–water partition coefficient (Wildman–Crippen LogP) is 3.12. The Morgan fingerprint density at radius 3 is 2.29 bits per heavy atom. The predicted molar refractivity (Wildman–Crippen MR) is 85.9 cm³/mol. The molecule has 0 fully saturated rings. The summed E-state index contributed by atoms with van der Waals surface area (Å²) in [7, 11) is -1.17. The first-order chi connectivity index (χ1) is 9.75. The molecule has 0 aliphatic rings. The van der Waals surface area contributed by atoms with Crippen LogP contribution in [0.2, 0.25) is 0 Å². The maximum absolute atomic E-state index is 12.4. The summed E-state index contributed by atoms with van der Waals surface area (Å²) in [5.74, 6) is 0.501. The zero-order valence-corrected chi connectivity index (χ0v) is 13.9. The van der Waals surface area contributed by atoms with Crippen LogP contribution in [-0.4, -0.2) is 27.5 Å². The summed E-state index contributed by atoms with van der Waals surface area (Å²) in [5, 5.41) is 14.1. The van der Waals surface area contributed by atoms with Gasteiger partial charge in [0.05, 0.1) is 15.7 Å². The Bertz CT molecular complexity index is 495. The minimum Gasteiger partial charge on any atom is -0.313 e. The minimum atomic E-state index is -1.17. The number of benzene rings is 1. The van der Waals surface area contributed by atoms with Gasteiger partial charge in [0.25, 0.3) is 5.69 Å². The Kier molecular flexibility index (Phi) is 6.48. The van der Waals surface area contributed by atoms with Crippen LogP contribution in [0.25, 0.3) is 0 Å². The van der Waals surface area contributed by atoms with Gasteiger partial charge in [-0.3, -0.25) is 14.3 Å². The van der Waals surface area contributed by atoms with Crippen molar-refractivity contribution in [2.75, 3.05) is 12.3 Å². The van der Waals surface area contributed by atoms with E-state index >= 15 is 0 Å². The molecule has 0 aromatic heterocycles. The second-order valence-electron chi connectivity index (χ2n) is 6.14. The zero-order valence-electron chi connectivity index (χ0n) is 13.1. The van der Waals surface area contributed by atoms with Crippen molar-refractivity contribution in [1.29, 1.82) is 0 Å². The molecule has 0 amide bonds. The van der Waals surface area contributed by atoms with E-state index in [2.05, 4.69) is 33.0 Å². The van der Waals surface area contributed by atoms with Crippen molar-refractivity contribution in [3.63, 3.8) is 0 Å². The molecule has 2 atom stereocenters. The van der Waals surface area contributed by atoms with E-state index in [4.69, 9.17) is 0 Å². The number of non-ortho nitro benzene ring substituents is 1. The zero-order chi connectivity index (χ0) is 16.0. The number of nitro groups is 1. The third-order valence-electron chi connectivity index (χ3n) is 3.31. The van der Waals surface area contributed by atoms with Crippen molar-refractivity contribution >= 4 is 16.5 Å². The Hall–Kier alpha value is -1.27. The average Bonchev–Trinajstić information content (AvgIpc) is 2.42. The molecule has 0 saturated carbocycles. The molecular formula is C15H24N2O3S. The van der Waals surface area contributed by atoms with Crippen LogP contribution in [0, 0.1) is 15.5 Å². The molecule has 1 N–H and O–H groups in total. The Balaban J connectivity index is 2.79. The summed E-state index contributed by atoms with van der Waals surface area (Å²) in [6.45, 7) is 9.34. The van der Waals surface area contributed by atoms with Gasteiger partial charge in [-0.25, -0.2) is 0 Å². The topological polar surface area (TPSA) is 72.2 Å². The van der Waals surface area contributed by atoms with Crippen molar-refractivity contribution < 1.29 is 9.13 Å². The standard InChI is InChI=1S/C15H24N2O3S/c1-5-10-16-14(15(2,3)4)11-21(20)13-8-6-12(7-9-13)17(18)19/h6-9,14,16H,5,10-11H2,1-4H3. The van der Waals surface area contributed by atoms with Crippen LogP contribution >= 0.6 is 0 Å². The molecule has 0 spiro atoms. The van der Waals surface area contributed by atoms with Crippen LogP contribution in [-0.2, 0) is 10.8 Å². The number of nitrogens with zero attached hydrogens (tertiary/aromatic N) is 1. The lowest BCUT2D eigenvalue weighted by molar-refractivity contribution is -0.384. The third kappa shape index (κ3) is 5.55. The van der Waals surface area contributed by atoms with Crippen LogP contribution in [0.1, 0.15) is 34.1 Å². The smallest absolute Gasteiger partial charge is 0.269 e. The van der Waals surface area contributed by atoms with Crippen LogP contribution in [0.5, 0.6) is 0 Å². The van der Waals surface area contributed by atoms with E-state index < -0.39 is 15.7 Å². The highest BCUT2D eigenvalue weighted by Crippen LogP contribution is 2.22. The first kappa shape index (κ1) is 17.8. The summed E-state index contributed by atoms with van der Waals surface area (Å²) in [6, 6.07) is 6.09. The molecule has 2 unspecified atom stereocenters. The lowest BCUT2D eigenvalue weighted by Crippen LogP contribution is -2.44. The number of nitro benzene ring substituents is 1. The molecule has 21 heavy (non-hydrogen) atoms. The van der Waals surface area contributed by atoms with Gasteiger partial charge in [-0.15, -0.1) is 0 Å². The molecule has 0 saturated heterocycles. The first-order valence-electron chi connectivity index (χ1n) is 7.12. The van der Waals surface area contributed by atoms with Crippen LogP contribution in [0.3, 0.4) is 0 Å². The van der Waals surface area contributed by atoms with E-state index in [1.54, 1.807) is 12.1 Å². The van der Waals surface area contributed by atoms with Crippen LogP contribution in [0.15, 0.2) is 29.2 Å². The summed E-state index contributed by atoms with van der Waals surface area (Å²) in [4.78, 5) is 10.8. The molecule has 0 aliphatic carbocycles. The van der Waals surface area contributed by atoms with Crippen molar-refractivity contribution in [1.82, 2.24) is 5.32 Å². The SMILES string of the molecule is CCCNC(CS(=O)c1ccc([N+](=O)[O-])cc1)C(C)(C)C. The molecule has 0 bridgehead atoms. The fourth-order valence-electron chi connectivity index (χ4n) is 1.90. The Morgan fingerprint density at radius 2 is 1.86 bits per heavy atom. The van der Waals surface area contributed by atoms with Gasteiger partial charge >= 0.3 is 0 Å². The largest absolute Gasteiger partial charge is 0.313 e. The van der Waals surface area contributed by atoms with Crippen molar-refractivity contribution in [3.8, 4) is 0 Å². The Morgan fingerprint density at radius 1 is 1.29 bits per heavy atom. The number of nitrogens with one attached hydrogen (secondary N) is 1. The fourth-order valence-corrected chi connectivity index (χ4v) is 3.45. The van der Waals surface area contributed by atoms with Crippen molar-refractivity contribution in [2.45, 2.75) is 45.1 Å². The van der Waals surface area contributed by atoms with Crippen LogP contribution in [0.4, 0.5) is 5.69 Å². The monoisotopic (exact) mass is 312 g/mol. The maximum atomic E-state index is 12.4. The molecule has 1 aromatic carbocycles. The average molecular weight is 312 g/mol. The Labute approximate surface area is 128 Å². The summed E-state index contributed by atoms with van der Waals surface area (Å²) >= 11 is 0. The number of hydrogen-bond donors (Lipinski definition) is 1. The van der Waals surface area contributed by atoms with Crippen molar-refractivity contribution in [3.05, 3.63) is 34.4 Å². The number of hydrogen-bond acceptors (Lipinski definition) is 4. The van der Waals surface area contributed by atoms with Gasteiger partial charge in [0.2, 0.25) is 0 Å². The molecule has 118 valence electrons. The first-order valence-corrected chi connectivity index (χ1v) is 8.43. The molecule has 6 heteroatoms. The fraction of sp³-hybridized carbons (Fsp3) is 0.600. The second kappa shape index (κ2) is 7.66. The van der Waals surface area contributed by atoms with E-state index in [-0.39, 0.29) is 17.1 Å². The second-order valence-corrected chi connectivity index (χ2v) is 7.63.